The number of carboxylic acids is 1. The quantitative estimate of drug-likeness (QED) is 0.829. The number of likely N-dealkylation sites (tertiary alicyclic amines) is 1. The summed E-state index contributed by atoms with van der Waals surface area (Å²) in [7, 11) is 0. The lowest BCUT2D eigenvalue weighted by Crippen LogP contribution is -2.47. The van der Waals surface area contributed by atoms with E-state index in [1.54, 1.807) is 0 Å². The Bertz CT molecular complexity index is 341. The van der Waals surface area contributed by atoms with Gasteiger partial charge in [-0.05, 0) is 38.0 Å². The van der Waals surface area contributed by atoms with E-state index in [1.165, 1.54) is 4.90 Å². The van der Waals surface area contributed by atoms with Gasteiger partial charge in [0.05, 0.1) is 0 Å². The highest BCUT2D eigenvalue weighted by molar-refractivity contribution is 5.80. The van der Waals surface area contributed by atoms with Crippen molar-refractivity contribution in [3.8, 4) is 0 Å². The van der Waals surface area contributed by atoms with Crippen molar-refractivity contribution in [2.24, 2.45) is 11.8 Å². The molecule has 5 nitrogen and oxygen atoms in total. The lowest BCUT2D eigenvalue weighted by molar-refractivity contribution is -0.137. The molecule has 2 fully saturated rings. The number of hydrogen-bond acceptors (Lipinski definition) is 2. The van der Waals surface area contributed by atoms with Gasteiger partial charge in [-0.15, -0.1) is 0 Å². The number of carbonyl (C=O) groups excluding carboxylic acids is 1. The molecular weight excluding hydrogens is 232 g/mol. The maximum Gasteiger partial charge on any atom is 0.323 e. The Morgan fingerprint density at radius 2 is 2.00 bits per heavy atom. The first-order chi connectivity index (χ1) is 8.47. The summed E-state index contributed by atoms with van der Waals surface area (Å²) in [6, 6.07) is 0.129. The first kappa shape index (κ1) is 13.2. The van der Waals surface area contributed by atoms with Crippen LogP contribution < -0.4 is 0 Å². The van der Waals surface area contributed by atoms with Gasteiger partial charge < -0.3 is 14.9 Å². The summed E-state index contributed by atoms with van der Waals surface area (Å²) in [5, 5.41) is 8.91. The first-order valence-corrected chi connectivity index (χ1v) is 6.74. The fourth-order valence-electron chi connectivity index (χ4n) is 2.73. The zero-order valence-electron chi connectivity index (χ0n) is 11.1. The molecule has 0 aromatic rings. The molecule has 0 aromatic carbocycles. The summed E-state index contributed by atoms with van der Waals surface area (Å²) in [5.74, 6) is 0.101. The third-order valence-corrected chi connectivity index (χ3v) is 3.80. The molecule has 1 saturated carbocycles. The number of carboxylic acid groups (broad SMARTS) is 1. The molecule has 2 amide bonds. The van der Waals surface area contributed by atoms with E-state index in [9.17, 15) is 9.59 Å². The number of hydrogen-bond donors (Lipinski definition) is 1. The third kappa shape index (κ3) is 3.15. The van der Waals surface area contributed by atoms with Crippen LogP contribution in [-0.2, 0) is 4.79 Å². The molecule has 1 N–H and O–H groups in total. The Balaban J connectivity index is 1.99. The van der Waals surface area contributed by atoms with Crippen LogP contribution in [0, 0.1) is 11.8 Å². The van der Waals surface area contributed by atoms with Gasteiger partial charge in [0, 0.05) is 19.1 Å². The minimum absolute atomic E-state index is 0.0962. The van der Waals surface area contributed by atoms with Crippen LogP contribution in [0.25, 0.3) is 0 Å². The molecule has 1 saturated heterocycles. The second-order valence-corrected chi connectivity index (χ2v) is 5.84. The Labute approximate surface area is 108 Å². The van der Waals surface area contributed by atoms with Crippen molar-refractivity contribution in [3.05, 3.63) is 0 Å². The van der Waals surface area contributed by atoms with Crippen LogP contribution in [0.2, 0.25) is 0 Å². The SMILES string of the molecule is CC1CC(C)N(C(=O)N(CC(=O)O)CC2CC2)C1. The van der Waals surface area contributed by atoms with Gasteiger partial charge in [0.2, 0.25) is 0 Å². The molecule has 1 aliphatic carbocycles. The Morgan fingerprint density at radius 3 is 2.44 bits per heavy atom. The molecule has 1 heterocycles. The Morgan fingerprint density at radius 1 is 1.33 bits per heavy atom. The van der Waals surface area contributed by atoms with Crippen molar-refractivity contribution >= 4 is 12.0 Å². The largest absolute Gasteiger partial charge is 0.480 e. The maximum atomic E-state index is 12.4. The predicted octanol–water partition coefficient (Wildman–Crippen LogP) is 1.63. The van der Waals surface area contributed by atoms with Gasteiger partial charge in [0.1, 0.15) is 6.54 Å². The molecular formula is C13H22N2O3. The predicted molar refractivity (Wildman–Crippen MR) is 67.3 cm³/mol. The zero-order valence-corrected chi connectivity index (χ0v) is 11.1. The highest BCUT2D eigenvalue weighted by Crippen LogP contribution is 2.31. The van der Waals surface area contributed by atoms with Crippen molar-refractivity contribution in [1.82, 2.24) is 9.80 Å². The smallest absolute Gasteiger partial charge is 0.323 e. The maximum absolute atomic E-state index is 12.4. The highest BCUT2D eigenvalue weighted by atomic mass is 16.4. The van der Waals surface area contributed by atoms with Crippen molar-refractivity contribution in [2.75, 3.05) is 19.6 Å². The van der Waals surface area contributed by atoms with Crippen molar-refractivity contribution < 1.29 is 14.7 Å². The summed E-state index contributed by atoms with van der Waals surface area (Å²) in [6.07, 6.45) is 3.25. The molecule has 0 spiro atoms. The van der Waals surface area contributed by atoms with E-state index in [0.29, 0.717) is 18.4 Å². The van der Waals surface area contributed by atoms with E-state index in [2.05, 4.69) is 6.92 Å². The van der Waals surface area contributed by atoms with Gasteiger partial charge in [-0.2, -0.15) is 0 Å². The Kier molecular flexibility index (Phi) is 3.78. The van der Waals surface area contributed by atoms with Crippen LogP contribution >= 0.6 is 0 Å². The van der Waals surface area contributed by atoms with E-state index in [1.807, 2.05) is 11.8 Å². The molecule has 2 aliphatic rings. The molecule has 2 atom stereocenters. The van der Waals surface area contributed by atoms with E-state index in [4.69, 9.17) is 5.11 Å². The minimum atomic E-state index is -0.927. The zero-order chi connectivity index (χ0) is 13.3. The summed E-state index contributed by atoms with van der Waals surface area (Å²) in [6.45, 7) is 5.35. The number of urea groups is 1. The fourth-order valence-corrected chi connectivity index (χ4v) is 2.73. The van der Waals surface area contributed by atoms with Gasteiger partial charge in [-0.25, -0.2) is 4.79 Å². The monoisotopic (exact) mass is 254 g/mol. The molecule has 102 valence electrons. The van der Waals surface area contributed by atoms with Gasteiger partial charge >= 0.3 is 12.0 Å². The number of carbonyl (C=O) groups is 2. The average Bonchev–Trinajstić information content (AvgIpc) is 3.01. The molecule has 18 heavy (non-hydrogen) atoms. The first-order valence-electron chi connectivity index (χ1n) is 6.74. The van der Waals surface area contributed by atoms with Gasteiger partial charge in [0.25, 0.3) is 0 Å². The third-order valence-electron chi connectivity index (χ3n) is 3.80. The molecule has 0 bridgehead atoms. The van der Waals surface area contributed by atoms with Gasteiger partial charge in [0.15, 0.2) is 0 Å². The summed E-state index contributed by atoms with van der Waals surface area (Å²) < 4.78 is 0. The van der Waals surface area contributed by atoms with E-state index in [0.717, 1.165) is 25.8 Å². The standard InChI is InChI=1S/C13H22N2O3/c1-9-5-10(2)15(6-9)13(18)14(8-12(16)17)7-11-3-4-11/h9-11H,3-8H2,1-2H3,(H,16,17). The highest BCUT2D eigenvalue weighted by Gasteiger charge is 2.35. The van der Waals surface area contributed by atoms with Crippen LogP contribution in [0.5, 0.6) is 0 Å². The number of nitrogens with zero attached hydrogens (tertiary/aromatic N) is 2. The Hall–Kier alpha value is -1.26. The van der Waals surface area contributed by atoms with Crippen molar-refractivity contribution in [2.45, 2.75) is 39.2 Å². The molecule has 5 heteroatoms. The van der Waals surface area contributed by atoms with Crippen LogP contribution in [0.4, 0.5) is 4.79 Å². The summed E-state index contributed by atoms with van der Waals surface area (Å²) >= 11 is 0. The van der Waals surface area contributed by atoms with E-state index < -0.39 is 5.97 Å². The topological polar surface area (TPSA) is 60.9 Å². The summed E-state index contributed by atoms with van der Waals surface area (Å²) in [5.41, 5.74) is 0. The molecule has 2 unspecified atom stereocenters. The summed E-state index contributed by atoms with van der Waals surface area (Å²) in [4.78, 5) is 26.6. The number of rotatable bonds is 4. The normalized spacial score (nSPS) is 27.3. The second-order valence-electron chi connectivity index (χ2n) is 5.84. The number of aliphatic carboxylic acids is 1. The second kappa shape index (κ2) is 5.16. The van der Waals surface area contributed by atoms with Crippen LogP contribution in [-0.4, -0.2) is 52.6 Å². The van der Waals surface area contributed by atoms with E-state index >= 15 is 0 Å². The molecule has 1 aliphatic heterocycles. The lowest BCUT2D eigenvalue weighted by Gasteiger charge is -2.29. The van der Waals surface area contributed by atoms with Crippen molar-refractivity contribution in [1.29, 1.82) is 0 Å². The van der Waals surface area contributed by atoms with Crippen LogP contribution in [0.15, 0.2) is 0 Å². The fraction of sp³-hybridized carbons (Fsp3) is 0.846. The van der Waals surface area contributed by atoms with Crippen molar-refractivity contribution in [3.63, 3.8) is 0 Å². The minimum Gasteiger partial charge on any atom is -0.480 e. The van der Waals surface area contributed by atoms with Gasteiger partial charge in [-0.1, -0.05) is 6.92 Å². The molecule has 2 rings (SSSR count). The number of amides is 2. The van der Waals surface area contributed by atoms with Crippen LogP contribution in [0.3, 0.4) is 0 Å². The van der Waals surface area contributed by atoms with E-state index in [-0.39, 0.29) is 18.6 Å². The van der Waals surface area contributed by atoms with Crippen LogP contribution in [0.1, 0.15) is 33.1 Å². The molecule has 0 aromatic heterocycles. The molecule has 0 radical (unpaired) electrons. The van der Waals surface area contributed by atoms with Gasteiger partial charge in [-0.3, -0.25) is 4.79 Å². The average molecular weight is 254 g/mol. The lowest BCUT2D eigenvalue weighted by atomic mass is 10.1.